The molecule has 2 aromatic heterocycles. The average Bonchev–Trinajstić information content (AvgIpc) is 2.90. The van der Waals surface area contributed by atoms with Crippen LogP contribution in [0.1, 0.15) is 5.56 Å². The van der Waals surface area contributed by atoms with Crippen LogP contribution in [0.4, 0.5) is 0 Å². The highest BCUT2D eigenvalue weighted by Gasteiger charge is 2.12. The Hall–Kier alpha value is -2.67. The maximum Gasteiger partial charge on any atom is 0.264 e. The van der Waals surface area contributed by atoms with E-state index >= 15 is 0 Å². The van der Waals surface area contributed by atoms with Crippen LogP contribution in [0, 0.1) is 6.92 Å². The van der Waals surface area contributed by atoms with Gasteiger partial charge >= 0.3 is 0 Å². The van der Waals surface area contributed by atoms with E-state index < -0.39 is 6.10 Å². The topological polar surface area (TPSA) is 82.2 Å². The fraction of sp³-hybridized carbons (Fsp3) is 0.312. The van der Waals surface area contributed by atoms with Crippen LogP contribution in [-0.2, 0) is 13.6 Å². The highest BCUT2D eigenvalue weighted by Crippen LogP contribution is 2.12. The van der Waals surface area contributed by atoms with Crippen LogP contribution >= 0.6 is 0 Å². The van der Waals surface area contributed by atoms with Crippen LogP contribution in [0.15, 0.2) is 41.6 Å². The molecular weight excluding hydrogens is 296 g/mol. The molecule has 0 aliphatic rings. The van der Waals surface area contributed by atoms with Crippen LogP contribution in [0.5, 0.6) is 5.75 Å². The van der Waals surface area contributed by atoms with Gasteiger partial charge < -0.3 is 9.84 Å². The number of aromatic nitrogens is 4. The van der Waals surface area contributed by atoms with Crippen molar-refractivity contribution in [2.45, 2.75) is 19.6 Å². The second-order valence-corrected chi connectivity index (χ2v) is 5.49. The highest BCUT2D eigenvalue weighted by atomic mass is 16.5. The second-order valence-electron chi connectivity index (χ2n) is 5.49. The summed E-state index contributed by atoms with van der Waals surface area (Å²) >= 11 is 0. The standard InChI is InChI=1S/C16H18N4O3/c1-11-4-3-5-13(6-11)23-9-12(21)8-20-10-17-15-14(16(20)22)7-18-19(15)2/h3-7,10,12,21H,8-9H2,1-2H3. The van der Waals surface area contributed by atoms with Gasteiger partial charge in [-0.05, 0) is 24.6 Å². The molecule has 0 aliphatic carbocycles. The molecule has 0 radical (unpaired) electrons. The van der Waals surface area contributed by atoms with Crippen molar-refractivity contribution in [3.05, 3.63) is 52.7 Å². The van der Waals surface area contributed by atoms with Crippen LogP contribution in [0.2, 0.25) is 0 Å². The lowest BCUT2D eigenvalue weighted by Crippen LogP contribution is -2.30. The van der Waals surface area contributed by atoms with Crippen molar-refractivity contribution in [3.8, 4) is 5.75 Å². The van der Waals surface area contributed by atoms with Gasteiger partial charge in [-0.15, -0.1) is 0 Å². The molecule has 120 valence electrons. The first-order chi connectivity index (χ1) is 11.0. The van der Waals surface area contributed by atoms with Gasteiger partial charge in [0.05, 0.1) is 12.7 Å². The normalized spacial score (nSPS) is 12.5. The molecule has 1 N–H and O–H groups in total. The minimum Gasteiger partial charge on any atom is -0.491 e. The average molecular weight is 314 g/mol. The molecule has 0 saturated heterocycles. The molecule has 7 heteroatoms. The first-order valence-electron chi connectivity index (χ1n) is 7.29. The zero-order chi connectivity index (χ0) is 16.4. The summed E-state index contributed by atoms with van der Waals surface area (Å²) in [6.07, 6.45) is 2.09. The number of aliphatic hydroxyl groups excluding tert-OH is 1. The molecular formula is C16H18N4O3. The zero-order valence-electron chi connectivity index (χ0n) is 13.0. The lowest BCUT2D eigenvalue weighted by Gasteiger charge is -2.14. The van der Waals surface area contributed by atoms with Gasteiger partial charge in [0.15, 0.2) is 5.65 Å². The molecule has 3 aromatic rings. The van der Waals surface area contributed by atoms with Crippen LogP contribution in [0.25, 0.3) is 11.0 Å². The van der Waals surface area contributed by atoms with E-state index in [4.69, 9.17) is 4.74 Å². The Morgan fingerprint density at radius 2 is 2.22 bits per heavy atom. The molecule has 0 bridgehead atoms. The fourth-order valence-corrected chi connectivity index (χ4v) is 2.37. The van der Waals surface area contributed by atoms with E-state index in [-0.39, 0.29) is 18.7 Å². The maximum absolute atomic E-state index is 12.3. The first-order valence-corrected chi connectivity index (χ1v) is 7.29. The predicted molar refractivity (Wildman–Crippen MR) is 85.4 cm³/mol. The smallest absolute Gasteiger partial charge is 0.264 e. The minimum atomic E-state index is -0.816. The summed E-state index contributed by atoms with van der Waals surface area (Å²) in [6.45, 7) is 2.18. The molecule has 0 amide bonds. The largest absolute Gasteiger partial charge is 0.491 e. The van der Waals surface area contributed by atoms with E-state index in [0.29, 0.717) is 16.8 Å². The number of aliphatic hydroxyl groups is 1. The lowest BCUT2D eigenvalue weighted by molar-refractivity contribution is 0.0914. The van der Waals surface area contributed by atoms with Crippen LogP contribution in [0.3, 0.4) is 0 Å². The van der Waals surface area contributed by atoms with Crippen molar-refractivity contribution < 1.29 is 9.84 Å². The van der Waals surface area contributed by atoms with Gasteiger partial charge in [0, 0.05) is 7.05 Å². The van der Waals surface area contributed by atoms with Crippen molar-refractivity contribution >= 4 is 11.0 Å². The Morgan fingerprint density at radius 3 is 3.00 bits per heavy atom. The van der Waals surface area contributed by atoms with Crippen molar-refractivity contribution in [2.24, 2.45) is 7.05 Å². The summed E-state index contributed by atoms with van der Waals surface area (Å²) in [4.78, 5) is 16.5. The summed E-state index contributed by atoms with van der Waals surface area (Å²) in [6, 6.07) is 7.58. The van der Waals surface area contributed by atoms with Gasteiger partial charge in [-0.2, -0.15) is 5.10 Å². The molecule has 1 atom stereocenters. The summed E-state index contributed by atoms with van der Waals surface area (Å²) in [7, 11) is 1.73. The minimum absolute atomic E-state index is 0.0982. The van der Waals surface area contributed by atoms with Crippen molar-refractivity contribution in [2.75, 3.05) is 6.61 Å². The molecule has 0 spiro atoms. The van der Waals surface area contributed by atoms with E-state index in [1.807, 2.05) is 31.2 Å². The Morgan fingerprint density at radius 1 is 1.39 bits per heavy atom. The van der Waals surface area contributed by atoms with Crippen molar-refractivity contribution in [1.29, 1.82) is 0 Å². The molecule has 3 rings (SSSR count). The molecule has 1 unspecified atom stereocenters. The first kappa shape index (κ1) is 15.2. The summed E-state index contributed by atoms with van der Waals surface area (Å²) in [5.41, 5.74) is 1.38. The molecule has 0 fully saturated rings. The Bertz CT molecular complexity index is 884. The molecule has 0 aliphatic heterocycles. The molecule has 2 heterocycles. The zero-order valence-corrected chi connectivity index (χ0v) is 13.0. The highest BCUT2D eigenvalue weighted by molar-refractivity contribution is 5.72. The lowest BCUT2D eigenvalue weighted by atomic mass is 10.2. The number of hydrogen-bond acceptors (Lipinski definition) is 5. The second kappa shape index (κ2) is 6.21. The van der Waals surface area contributed by atoms with E-state index in [1.165, 1.54) is 17.1 Å². The Kier molecular flexibility index (Phi) is 4.12. The number of ether oxygens (including phenoxy) is 1. The van der Waals surface area contributed by atoms with Crippen molar-refractivity contribution in [1.82, 2.24) is 19.3 Å². The van der Waals surface area contributed by atoms with E-state index in [2.05, 4.69) is 10.1 Å². The summed E-state index contributed by atoms with van der Waals surface area (Å²) in [5, 5.41) is 14.5. The van der Waals surface area contributed by atoms with E-state index in [0.717, 1.165) is 5.56 Å². The SMILES string of the molecule is Cc1cccc(OCC(O)Cn2cnc3c(cnn3C)c2=O)c1. The van der Waals surface area contributed by atoms with E-state index in [9.17, 15) is 9.90 Å². The molecule has 23 heavy (non-hydrogen) atoms. The summed E-state index contributed by atoms with van der Waals surface area (Å²) in [5.74, 6) is 0.692. The number of fused-ring (bicyclic) bond motifs is 1. The van der Waals surface area contributed by atoms with Gasteiger partial charge in [-0.1, -0.05) is 12.1 Å². The Labute approximate surface area is 132 Å². The fourth-order valence-electron chi connectivity index (χ4n) is 2.37. The number of benzene rings is 1. The molecule has 7 nitrogen and oxygen atoms in total. The van der Waals surface area contributed by atoms with Gasteiger partial charge in [0.25, 0.3) is 5.56 Å². The van der Waals surface area contributed by atoms with Gasteiger partial charge in [-0.3, -0.25) is 14.0 Å². The number of hydrogen-bond donors (Lipinski definition) is 1. The molecule has 1 aromatic carbocycles. The number of rotatable bonds is 5. The summed E-state index contributed by atoms with van der Waals surface area (Å²) < 4.78 is 8.46. The third kappa shape index (κ3) is 3.24. The predicted octanol–water partition coefficient (Wildman–Crippen LogP) is 0.878. The van der Waals surface area contributed by atoms with Gasteiger partial charge in [0.1, 0.15) is 30.2 Å². The van der Waals surface area contributed by atoms with Crippen molar-refractivity contribution in [3.63, 3.8) is 0 Å². The third-order valence-electron chi connectivity index (χ3n) is 3.56. The monoisotopic (exact) mass is 314 g/mol. The van der Waals surface area contributed by atoms with Gasteiger partial charge in [-0.25, -0.2) is 4.98 Å². The molecule has 0 saturated carbocycles. The number of aryl methyl sites for hydroxylation is 2. The Balaban J connectivity index is 1.69. The van der Waals surface area contributed by atoms with E-state index in [1.54, 1.807) is 11.7 Å². The van der Waals surface area contributed by atoms with Crippen LogP contribution in [-0.4, -0.2) is 37.1 Å². The quantitative estimate of drug-likeness (QED) is 0.756. The van der Waals surface area contributed by atoms with Crippen LogP contribution < -0.4 is 10.3 Å². The van der Waals surface area contributed by atoms with Gasteiger partial charge in [0.2, 0.25) is 0 Å². The number of nitrogens with zero attached hydrogens (tertiary/aromatic N) is 4. The third-order valence-corrected chi connectivity index (χ3v) is 3.56. The maximum atomic E-state index is 12.3.